The van der Waals surface area contributed by atoms with Gasteiger partial charge in [0.05, 0.1) is 5.52 Å². The van der Waals surface area contributed by atoms with Crippen LogP contribution in [0, 0.1) is 0 Å². The molecule has 1 amide bonds. The minimum Gasteiger partial charge on any atom is -0.457 e. The van der Waals surface area contributed by atoms with Crippen LogP contribution in [0.15, 0.2) is 67.0 Å². The van der Waals surface area contributed by atoms with Gasteiger partial charge in [0, 0.05) is 24.0 Å². The number of hydrogen-bond donors (Lipinski definition) is 1. The number of rotatable bonds is 5. The van der Waals surface area contributed by atoms with Gasteiger partial charge in [0.25, 0.3) is 5.91 Å². The zero-order chi connectivity index (χ0) is 21.8. The molecule has 8 nitrogen and oxygen atoms in total. The first-order chi connectivity index (χ1) is 14.9. The summed E-state index contributed by atoms with van der Waals surface area (Å²) in [6.07, 6.45) is -1.61. The highest BCUT2D eigenvalue weighted by atomic mass is 19.4. The molecule has 156 valence electrons. The maximum atomic E-state index is 12.3. The predicted octanol–water partition coefficient (Wildman–Crippen LogP) is 4.36. The zero-order valence-corrected chi connectivity index (χ0v) is 15.5. The highest BCUT2D eigenvalue weighted by Crippen LogP contribution is 2.24. The van der Waals surface area contributed by atoms with Gasteiger partial charge in [-0.25, -0.2) is 4.98 Å². The standard InChI is InChI=1S/C20H12F3N5O3/c21-20(22,23)31-14-3-1-12(2-4-14)18(29)26-19-25-16-6-5-15(11-17(16)27-28-19)30-13-7-9-24-10-8-13/h1-11H,(H,25,26,28,29). The van der Waals surface area contributed by atoms with E-state index in [0.717, 1.165) is 12.1 Å². The molecule has 0 bridgehead atoms. The molecule has 0 fully saturated rings. The van der Waals surface area contributed by atoms with Crippen molar-refractivity contribution in [3.8, 4) is 17.2 Å². The van der Waals surface area contributed by atoms with Gasteiger partial charge in [-0.3, -0.25) is 15.1 Å². The van der Waals surface area contributed by atoms with E-state index >= 15 is 0 Å². The van der Waals surface area contributed by atoms with Crippen molar-refractivity contribution in [1.82, 2.24) is 20.2 Å². The van der Waals surface area contributed by atoms with Gasteiger partial charge in [-0.1, -0.05) is 0 Å². The van der Waals surface area contributed by atoms with Crippen LogP contribution >= 0.6 is 0 Å². The summed E-state index contributed by atoms with van der Waals surface area (Å²) in [6, 6.07) is 12.8. The second kappa shape index (κ2) is 8.22. The molecular weight excluding hydrogens is 415 g/mol. The summed E-state index contributed by atoms with van der Waals surface area (Å²) in [5.74, 6) is 0.0179. The lowest BCUT2D eigenvalue weighted by Crippen LogP contribution is -2.17. The quantitative estimate of drug-likeness (QED) is 0.505. The number of amides is 1. The molecule has 0 aliphatic rings. The smallest absolute Gasteiger partial charge is 0.457 e. The van der Waals surface area contributed by atoms with Crippen molar-refractivity contribution < 1.29 is 27.4 Å². The lowest BCUT2D eigenvalue weighted by molar-refractivity contribution is -0.274. The van der Waals surface area contributed by atoms with Crippen LogP contribution < -0.4 is 14.8 Å². The van der Waals surface area contributed by atoms with Crippen LogP contribution in [0.3, 0.4) is 0 Å². The molecule has 1 N–H and O–H groups in total. The first-order valence-electron chi connectivity index (χ1n) is 8.75. The highest BCUT2D eigenvalue weighted by molar-refractivity contribution is 6.03. The SMILES string of the molecule is O=C(Nc1nnc2cc(Oc3ccncc3)ccc2n1)c1ccc(OC(F)(F)F)cc1. The van der Waals surface area contributed by atoms with Crippen LogP contribution in [0.4, 0.5) is 19.1 Å². The Balaban J connectivity index is 1.46. The average Bonchev–Trinajstić information content (AvgIpc) is 2.74. The van der Waals surface area contributed by atoms with E-state index < -0.39 is 18.0 Å². The summed E-state index contributed by atoms with van der Waals surface area (Å²) in [6.45, 7) is 0. The molecule has 0 spiro atoms. The fraction of sp³-hybridized carbons (Fsp3) is 0.0500. The Hall–Kier alpha value is -4.28. The van der Waals surface area contributed by atoms with Gasteiger partial charge in [0.2, 0.25) is 5.95 Å². The summed E-state index contributed by atoms with van der Waals surface area (Å²) < 4.78 is 46.1. The lowest BCUT2D eigenvalue weighted by atomic mass is 10.2. The molecule has 0 saturated heterocycles. The number of anilines is 1. The fourth-order valence-electron chi connectivity index (χ4n) is 2.56. The van der Waals surface area contributed by atoms with Gasteiger partial charge in [0.15, 0.2) is 0 Å². The van der Waals surface area contributed by atoms with Crippen molar-refractivity contribution in [2.24, 2.45) is 0 Å². The van der Waals surface area contributed by atoms with E-state index in [9.17, 15) is 18.0 Å². The van der Waals surface area contributed by atoms with E-state index in [0.29, 0.717) is 22.5 Å². The first kappa shape index (κ1) is 20.0. The highest BCUT2D eigenvalue weighted by Gasteiger charge is 2.31. The van der Waals surface area contributed by atoms with Crippen LogP contribution in [0.5, 0.6) is 17.2 Å². The van der Waals surface area contributed by atoms with Crippen molar-refractivity contribution in [3.05, 3.63) is 72.6 Å². The van der Waals surface area contributed by atoms with Crippen molar-refractivity contribution in [1.29, 1.82) is 0 Å². The van der Waals surface area contributed by atoms with E-state index in [1.54, 1.807) is 42.7 Å². The number of aromatic nitrogens is 4. The molecular formula is C20H12F3N5O3. The van der Waals surface area contributed by atoms with E-state index in [1.165, 1.54) is 12.1 Å². The van der Waals surface area contributed by atoms with Crippen molar-refractivity contribution >= 4 is 22.9 Å². The number of fused-ring (bicyclic) bond motifs is 1. The molecule has 31 heavy (non-hydrogen) atoms. The van der Waals surface area contributed by atoms with Gasteiger partial charge in [-0.05, 0) is 48.5 Å². The Morgan fingerprint density at radius 3 is 2.26 bits per heavy atom. The fourth-order valence-corrected chi connectivity index (χ4v) is 2.56. The monoisotopic (exact) mass is 427 g/mol. The molecule has 0 unspecified atom stereocenters. The van der Waals surface area contributed by atoms with Gasteiger partial charge in [0.1, 0.15) is 22.8 Å². The number of benzene rings is 2. The minimum atomic E-state index is -4.81. The second-order valence-electron chi connectivity index (χ2n) is 6.10. The van der Waals surface area contributed by atoms with Crippen LogP contribution in [0.1, 0.15) is 10.4 Å². The van der Waals surface area contributed by atoms with Crippen LogP contribution in [-0.4, -0.2) is 32.4 Å². The third kappa shape index (κ3) is 5.21. The predicted molar refractivity (Wildman–Crippen MR) is 103 cm³/mol. The second-order valence-corrected chi connectivity index (χ2v) is 6.10. The van der Waals surface area contributed by atoms with E-state index in [2.05, 4.69) is 30.2 Å². The van der Waals surface area contributed by atoms with Gasteiger partial charge in [-0.15, -0.1) is 23.4 Å². The lowest BCUT2D eigenvalue weighted by Gasteiger charge is -2.09. The summed E-state index contributed by atoms with van der Waals surface area (Å²) >= 11 is 0. The number of carbonyl (C=O) groups excluding carboxylic acids is 1. The molecule has 0 atom stereocenters. The number of alkyl halides is 3. The van der Waals surface area contributed by atoms with Crippen molar-refractivity contribution in [2.75, 3.05) is 5.32 Å². The minimum absolute atomic E-state index is 0.0593. The summed E-state index contributed by atoms with van der Waals surface area (Å²) in [5, 5.41) is 10.3. The number of halogens is 3. The normalized spacial score (nSPS) is 11.2. The number of pyridine rings is 1. The zero-order valence-electron chi connectivity index (χ0n) is 15.5. The average molecular weight is 427 g/mol. The number of hydrogen-bond acceptors (Lipinski definition) is 7. The van der Waals surface area contributed by atoms with E-state index in [-0.39, 0.29) is 11.5 Å². The number of carbonyl (C=O) groups is 1. The van der Waals surface area contributed by atoms with Gasteiger partial charge in [-0.2, -0.15) is 0 Å². The summed E-state index contributed by atoms with van der Waals surface area (Å²) in [7, 11) is 0. The number of nitrogens with zero attached hydrogens (tertiary/aromatic N) is 4. The molecule has 0 saturated carbocycles. The Bertz CT molecular complexity index is 1220. The molecule has 4 aromatic rings. The molecule has 2 heterocycles. The van der Waals surface area contributed by atoms with Crippen molar-refractivity contribution in [2.45, 2.75) is 6.36 Å². The molecule has 4 rings (SSSR count). The van der Waals surface area contributed by atoms with E-state index in [4.69, 9.17) is 4.74 Å². The Morgan fingerprint density at radius 1 is 0.839 bits per heavy atom. The van der Waals surface area contributed by atoms with E-state index in [1.807, 2.05) is 0 Å². The Kier molecular flexibility index (Phi) is 5.31. The molecule has 11 heteroatoms. The maximum Gasteiger partial charge on any atom is 0.573 e. The third-order valence-corrected chi connectivity index (χ3v) is 3.89. The molecule has 0 aliphatic heterocycles. The topological polar surface area (TPSA) is 99.1 Å². The summed E-state index contributed by atoms with van der Waals surface area (Å²) in [5.41, 5.74) is 0.999. The largest absolute Gasteiger partial charge is 0.573 e. The maximum absolute atomic E-state index is 12.3. The van der Waals surface area contributed by atoms with Gasteiger partial charge >= 0.3 is 6.36 Å². The summed E-state index contributed by atoms with van der Waals surface area (Å²) in [4.78, 5) is 20.4. The van der Waals surface area contributed by atoms with Crippen LogP contribution in [-0.2, 0) is 0 Å². The third-order valence-electron chi connectivity index (χ3n) is 3.89. The Labute approximate surface area is 172 Å². The molecule has 2 aromatic heterocycles. The molecule has 0 aliphatic carbocycles. The molecule has 2 aromatic carbocycles. The first-order valence-corrected chi connectivity index (χ1v) is 8.75. The molecule has 0 radical (unpaired) electrons. The van der Waals surface area contributed by atoms with Crippen molar-refractivity contribution in [3.63, 3.8) is 0 Å². The van der Waals surface area contributed by atoms with Gasteiger partial charge < -0.3 is 9.47 Å². The van der Waals surface area contributed by atoms with Crippen LogP contribution in [0.25, 0.3) is 11.0 Å². The van der Waals surface area contributed by atoms with Crippen LogP contribution in [0.2, 0.25) is 0 Å². The number of nitrogens with one attached hydrogen (secondary N) is 1. The Morgan fingerprint density at radius 2 is 1.55 bits per heavy atom. The number of ether oxygens (including phenoxy) is 2.